The van der Waals surface area contributed by atoms with Crippen LogP contribution in [0.1, 0.15) is 18.1 Å². The van der Waals surface area contributed by atoms with Crippen molar-refractivity contribution in [2.75, 3.05) is 7.05 Å². The van der Waals surface area contributed by atoms with Crippen LogP contribution in [0, 0.1) is 0 Å². The average Bonchev–Trinajstić information content (AvgIpc) is 2.19. The van der Waals surface area contributed by atoms with Gasteiger partial charge in [-0.2, -0.15) is 0 Å². The third-order valence-electron chi connectivity index (χ3n) is 1.67. The highest BCUT2D eigenvalue weighted by Crippen LogP contribution is 2.03. The van der Waals surface area contributed by atoms with Gasteiger partial charge < -0.3 is 5.73 Å². The second-order valence-corrected chi connectivity index (χ2v) is 2.94. The number of nitrogens with two attached hydrogens (primary N) is 1. The molecule has 0 fully saturated rings. The highest BCUT2D eigenvalue weighted by atomic mass is 35.5. The Bertz CT molecular complexity index is 186. The van der Waals surface area contributed by atoms with Crippen molar-refractivity contribution < 1.29 is 0 Å². The van der Waals surface area contributed by atoms with Gasteiger partial charge in [0.05, 0.1) is 0 Å². The van der Waals surface area contributed by atoms with Gasteiger partial charge in [0.15, 0.2) is 0 Å². The van der Waals surface area contributed by atoms with Crippen LogP contribution in [-0.4, -0.2) is 7.05 Å². The minimum absolute atomic E-state index is 0.643. The van der Waals surface area contributed by atoms with Gasteiger partial charge in [-0.25, -0.2) is 4.84 Å². The monoisotopic (exact) mass is 200 g/mol. The molecule has 0 aliphatic heterocycles. The lowest BCUT2D eigenvalue weighted by Crippen LogP contribution is -1.95. The second kappa shape index (κ2) is 8.05. The van der Waals surface area contributed by atoms with Crippen molar-refractivity contribution in [1.82, 2.24) is 4.84 Å². The molecule has 0 aliphatic rings. The fourth-order valence-corrected chi connectivity index (χ4v) is 0.911. The van der Waals surface area contributed by atoms with Gasteiger partial charge in [0.1, 0.15) is 0 Å². The fourth-order valence-electron chi connectivity index (χ4n) is 0.911. The summed E-state index contributed by atoms with van der Waals surface area (Å²) in [6.45, 7) is 2.79. The summed E-state index contributed by atoms with van der Waals surface area (Å²) in [6, 6.07) is 8.42. The zero-order valence-electron chi connectivity index (χ0n) is 8.18. The van der Waals surface area contributed by atoms with E-state index in [1.54, 1.807) is 7.05 Å². The Morgan fingerprint density at radius 3 is 1.92 bits per heavy atom. The van der Waals surface area contributed by atoms with Crippen molar-refractivity contribution in [2.45, 2.75) is 19.9 Å². The zero-order valence-corrected chi connectivity index (χ0v) is 8.93. The van der Waals surface area contributed by atoms with Crippen LogP contribution in [0.4, 0.5) is 0 Å². The van der Waals surface area contributed by atoms with E-state index in [-0.39, 0.29) is 0 Å². The van der Waals surface area contributed by atoms with Crippen molar-refractivity contribution in [2.24, 2.45) is 5.73 Å². The third kappa shape index (κ3) is 5.64. The number of nitrogens with one attached hydrogen (secondary N) is 1. The van der Waals surface area contributed by atoms with Crippen LogP contribution in [0.3, 0.4) is 0 Å². The third-order valence-corrected chi connectivity index (χ3v) is 1.67. The first-order valence-electron chi connectivity index (χ1n) is 4.33. The van der Waals surface area contributed by atoms with E-state index >= 15 is 0 Å². The normalized spacial score (nSPS) is 8.92. The summed E-state index contributed by atoms with van der Waals surface area (Å²) in [6.07, 6.45) is 1.10. The van der Waals surface area contributed by atoms with Crippen molar-refractivity contribution >= 4 is 11.8 Å². The van der Waals surface area contributed by atoms with Gasteiger partial charge in [-0.1, -0.05) is 31.2 Å². The number of rotatable bonds is 2. The van der Waals surface area contributed by atoms with E-state index in [0.717, 1.165) is 6.42 Å². The summed E-state index contributed by atoms with van der Waals surface area (Å²) < 4.78 is 0. The summed E-state index contributed by atoms with van der Waals surface area (Å²) in [5, 5.41) is 0. The van der Waals surface area contributed by atoms with E-state index in [9.17, 15) is 0 Å². The first-order chi connectivity index (χ1) is 6.28. The van der Waals surface area contributed by atoms with Crippen LogP contribution >= 0.6 is 11.8 Å². The van der Waals surface area contributed by atoms with E-state index in [1.165, 1.54) is 11.1 Å². The summed E-state index contributed by atoms with van der Waals surface area (Å²) in [5.41, 5.74) is 8.02. The maximum atomic E-state index is 5.44. The SMILES string of the molecule is CCc1ccc(CN)cc1.CNCl. The van der Waals surface area contributed by atoms with Gasteiger partial charge >= 0.3 is 0 Å². The maximum Gasteiger partial charge on any atom is 0.0178 e. The van der Waals surface area contributed by atoms with E-state index in [4.69, 9.17) is 17.5 Å². The molecule has 0 amide bonds. The quantitative estimate of drug-likeness (QED) is 0.718. The Hall–Kier alpha value is -0.570. The van der Waals surface area contributed by atoms with E-state index in [0.29, 0.717) is 6.54 Å². The number of halogens is 1. The van der Waals surface area contributed by atoms with Crippen LogP contribution < -0.4 is 10.6 Å². The molecule has 0 spiro atoms. The Morgan fingerprint density at radius 1 is 1.23 bits per heavy atom. The molecule has 2 nitrogen and oxygen atoms in total. The molecule has 0 unspecified atom stereocenters. The molecule has 1 aromatic rings. The lowest BCUT2D eigenvalue weighted by molar-refractivity contribution is 1.06. The van der Waals surface area contributed by atoms with Crippen LogP contribution in [0.25, 0.3) is 0 Å². The van der Waals surface area contributed by atoms with Gasteiger partial charge in [0.25, 0.3) is 0 Å². The predicted molar refractivity (Wildman–Crippen MR) is 58.6 cm³/mol. The second-order valence-electron chi connectivity index (χ2n) is 2.56. The average molecular weight is 201 g/mol. The summed E-state index contributed by atoms with van der Waals surface area (Å²) in [7, 11) is 1.64. The van der Waals surface area contributed by atoms with Gasteiger partial charge in [-0.15, -0.1) is 0 Å². The van der Waals surface area contributed by atoms with Crippen molar-refractivity contribution in [3.05, 3.63) is 35.4 Å². The van der Waals surface area contributed by atoms with Crippen molar-refractivity contribution in [1.29, 1.82) is 0 Å². The van der Waals surface area contributed by atoms with E-state index < -0.39 is 0 Å². The molecular formula is C10H17ClN2. The molecule has 3 N–H and O–H groups in total. The molecule has 3 heteroatoms. The molecule has 1 aromatic carbocycles. The number of hydrogen-bond donors (Lipinski definition) is 2. The zero-order chi connectivity index (χ0) is 10.1. The van der Waals surface area contributed by atoms with Crippen molar-refractivity contribution in [3.63, 3.8) is 0 Å². The lowest BCUT2D eigenvalue weighted by atomic mass is 10.1. The van der Waals surface area contributed by atoms with E-state index in [2.05, 4.69) is 36.0 Å². The summed E-state index contributed by atoms with van der Waals surface area (Å²) >= 11 is 4.75. The minimum atomic E-state index is 0.643. The lowest BCUT2D eigenvalue weighted by Gasteiger charge is -1.97. The van der Waals surface area contributed by atoms with Crippen LogP contribution in [-0.2, 0) is 13.0 Å². The number of aryl methyl sites for hydroxylation is 1. The summed E-state index contributed by atoms with van der Waals surface area (Å²) in [4.78, 5) is 2.22. The molecule has 0 aromatic heterocycles. The molecular weight excluding hydrogens is 184 g/mol. The molecule has 0 radical (unpaired) electrons. The first kappa shape index (κ1) is 12.4. The molecule has 0 saturated carbocycles. The van der Waals surface area contributed by atoms with Crippen LogP contribution in [0.5, 0.6) is 0 Å². The van der Waals surface area contributed by atoms with Crippen molar-refractivity contribution in [3.8, 4) is 0 Å². The van der Waals surface area contributed by atoms with Gasteiger partial charge in [-0.05, 0) is 36.4 Å². The molecule has 13 heavy (non-hydrogen) atoms. The highest BCUT2D eigenvalue weighted by Gasteiger charge is 1.88. The van der Waals surface area contributed by atoms with Gasteiger partial charge in [0.2, 0.25) is 0 Å². The number of hydrogen-bond acceptors (Lipinski definition) is 2. The Labute approximate surface area is 85.2 Å². The summed E-state index contributed by atoms with van der Waals surface area (Å²) in [5.74, 6) is 0. The van der Waals surface area contributed by atoms with E-state index in [1.807, 2.05) is 0 Å². The van der Waals surface area contributed by atoms with Gasteiger partial charge in [-0.3, -0.25) is 0 Å². The standard InChI is InChI=1S/C9H13N.CH4ClN/c1-2-8-3-5-9(7-10)6-4-8;1-3-2/h3-6H,2,7,10H2,1H3;3H,1H3. The minimum Gasteiger partial charge on any atom is -0.326 e. The first-order valence-corrected chi connectivity index (χ1v) is 4.71. The highest BCUT2D eigenvalue weighted by molar-refractivity contribution is 6.13. The molecule has 0 saturated heterocycles. The largest absolute Gasteiger partial charge is 0.326 e. The molecule has 1 rings (SSSR count). The van der Waals surface area contributed by atoms with Gasteiger partial charge in [0, 0.05) is 6.54 Å². The molecule has 0 bridgehead atoms. The smallest absolute Gasteiger partial charge is 0.0178 e. The topological polar surface area (TPSA) is 38.0 Å². The Morgan fingerprint density at radius 2 is 1.62 bits per heavy atom. The van der Waals surface area contributed by atoms with Crippen LogP contribution in [0.15, 0.2) is 24.3 Å². The fraction of sp³-hybridized carbons (Fsp3) is 0.400. The maximum absolute atomic E-state index is 5.44. The molecule has 0 heterocycles. The Kier molecular flexibility index (Phi) is 7.69. The predicted octanol–water partition coefficient (Wildman–Crippen LogP) is 2.07. The Balaban J connectivity index is 0.000000424. The molecule has 74 valence electrons. The number of benzene rings is 1. The molecule has 0 aliphatic carbocycles. The molecule has 0 atom stereocenters. The van der Waals surface area contributed by atoms with Crippen LogP contribution in [0.2, 0.25) is 0 Å².